The smallest absolute Gasteiger partial charge is 0.355 e. The average Bonchev–Trinajstić information content (AvgIpc) is 2.74. The van der Waals surface area contributed by atoms with Gasteiger partial charge in [-0.25, -0.2) is 14.6 Å². The molecule has 0 unspecified atom stereocenters. The molecule has 3 N–H and O–H groups in total. The van der Waals surface area contributed by atoms with E-state index in [2.05, 4.69) is 15.6 Å². The van der Waals surface area contributed by atoms with Crippen molar-refractivity contribution in [2.24, 2.45) is 0 Å². The molecule has 6 nitrogen and oxygen atoms in total. The molecule has 0 atom stereocenters. The number of hydrogen-bond donors (Lipinski definition) is 3. The van der Waals surface area contributed by atoms with E-state index in [0.29, 0.717) is 5.01 Å². The van der Waals surface area contributed by atoms with E-state index in [1.54, 1.807) is 0 Å². The number of carboxylic acid groups (broad SMARTS) is 1. The summed E-state index contributed by atoms with van der Waals surface area (Å²) in [4.78, 5) is 26.1. The van der Waals surface area contributed by atoms with Gasteiger partial charge in [-0.15, -0.1) is 11.3 Å². The molecule has 0 spiro atoms. The van der Waals surface area contributed by atoms with Crippen LogP contribution in [0.1, 0.15) is 42.7 Å². The number of rotatable bonds is 5. The number of amides is 2. The van der Waals surface area contributed by atoms with E-state index in [0.717, 1.165) is 6.42 Å². The summed E-state index contributed by atoms with van der Waals surface area (Å²) in [6, 6.07) is -0.283. The van der Waals surface area contributed by atoms with Crippen LogP contribution in [0.25, 0.3) is 0 Å². The molecule has 0 aliphatic heterocycles. The van der Waals surface area contributed by atoms with Gasteiger partial charge < -0.3 is 15.7 Å². The maximum atomic E-state index is 11.6. The molecule has 100 valence electrons. The summed E-state index contributed by atoms with van der Waals surface area (Å²) in [5.41, 5.74) is -0.259. The summed E-state index contributed by atoms with van der Waals surface area (Å²) >= 11 is 1.21. The van der Waals surface area contributed by atoms with Crippen LogP contribution in [0.4, 0.5) is 4.79 Å². The lowest BCUT2D eigenvalue weighted by atomic mass is 10.0. The molecule has 18 heavy (non-hydrogen) atoms. The molecule has 7 heteroatoms. The average molecular weight is 271 g/mol. The molecule has 0 aliphatic carbocycles. The normalized spacial score (nSPS) is 11.1. The lowest BCUT2D eigenvalue weighted by Gasteiger charge is -2.24. The molecule has 0 fully saturated rings. The van der Waals surface area contributed by atoms with Gasteiger partial charge in [0.2, 0.25) is 0 Å². The zero-order valence-corrected chi connectivity index (χ0v) is 11.4. The highest BCUT2D eigenvalue weighted by Crippen LogP contribution is 2.10. The number of nitrogens with one attached hydrogen (secondary N) is 2. The highest BCUT2D eigenvalue weighted by molar-refractivity contribution is 7.09. The molecule has 1 rings (SSSR count). The number of carboxylic acids is 1. The predicted octanol–water partition coefficient (Wildman–Crippen LogP) is 1.83. The zero-order valence-electron chi connectivity index (χ0n) is 10.6. The molecular formula is C11H17N3O3S. The maximum Gasteiger partial charge on any atom is 0.355 e. The first-order valence-electron chi connectivity index (χ1n) is 5.58. The van der Waals surface area contributed by atoms with Crippen molar-refractivity contribution in [1.29, 1.82) is 0 Å². The first-order valence-corrected chi connectivity index (χ1v) is 6.45. The maximum absolute atomic E-state index is 11.6. The molecular weight excluding hydrogens is 254 g/mol. The van der Waals surface area contributed by atoms with Crippen LogP contribution in [0.2, 0.25) is 0 Å². The van der Waals surface area contributed by atoms with Crippen LogP contribution < -0.4 is 10.6 Å². The second-order valence-corrected chi connectivity index (χ2v) is 5.42. The van der Waals surface area contributed by atoms with Gasteiger partial charge in [0.05, 0.1) is 6.54 Å². The molecule has 1 aromatic heterocycles. The second-order valence-electron chi connectivity index (χ2n) is 4.48. The van der Waals surface area contributed by atoms with E-state index in [1.807, 2.05) is 20.8 Å². The largest absolute Gasteiger partial charge is 0.476 e. The first kappa shape index (κ1) is 14.4. The third-order valence-electron chi connectivity index (χ3n) is 2.51. The Balaban J connectivity index is 2.45. The Kier molecular flexibility index (Phi) is 4.66. The molecule has 0 bridgehead atoms. The molecule has 0 saturated carbocycles. The zero-order chi connectivity index (χ0) is 13.8. The number of hydrogen-bond acceptors (Lipinski definition) is 4. The topological polar surface area (TPSA) is 91.3 Å². The van der Waals surface area contributed by atoms with E-state index in [4.69, 9.17) is 5.11 Å². The fraction of sp³-hybridized carbons (Fsp3) is 0.545. The van der Waals surface area contributed by atoms with E-state index < -0.39 is 5.97 Å². The van der Waals surface area contributed by atoms with Gasteiger partial charge >= 0.3 is 12.0 Å². The van der Waals surface area contributed by atoms with Crippen LogP contribution in [0.3, 0.4) is 0 Å². The summed E-state index contributed by atoms with van der Waals surface area (Å²) in [7, 11) is 0. The fourth-order valence-corrected chi connectivity index (χ4v) is 1.79. The summed E-state index contributed by atoms with van der Waals surface area (Å²) in [5.74, 6) is -1.06. The standard InChI is InChI=1S/C11H17N3O3S/c1-4-11(2,3)14-10(17)12-5-8-13-7(6-18-8)9(15)16/h6H,4-5H2,1-3H3,(H,15,16)(H2,12,14,17). The third-order valence-corrected chi connectivity index (χ3v) is 3.36. The summed E-state index contributed by atoms with van der Waals surface area (Å²) < 4.78 is 0. The summed E-state index contributed by atoms with van der Waals surface area (Å²) in [6.07, 6.45) is 0.820. The molecule has 0 radical (unpaired) electrons. The molecule has 1 aromatic rings. The number of carbonyl (C=O) groups excluding carboxylic acids is 1. The minimum absolute atomic E-state index is 0.00564. The minimum Gasteiger partial charge on any atom is -0.476 e. The van der Waals surface area contributed by atoms with Crippen molar-refractivity contribution >= 4 is 23.3 Å². The van der Waals surface area contributed by atoms with Crippen LogP contribution in [-0.2, 0) is 6.54 Å². The minimum atomic E-state index is -1.06. The Bertz CT molecular complexity index is 442. The van der Waals surface area contributed by atoms with E-state index in [-0.39, 0.29) is 23.8 Å². The van der Waals surface area contributed by atoms with Crippen molar-refractivity contribution in [3.63, 3.8) is 0 Å². The van der Waals surface area contributed by atoms with E-state index in [1.165, 1.54) is 16.7 Å². The van der Waals surface area contributed by atoms with Gasteiger partial charge in [-0.05, 0) is 20.3 Å². The molecule has 0 aliphatic rings. The van der Waals surface area contributed by atoms with Crippen molar-refractivity contribution in [2.75, 3.05) is 0 Å². The van der Waals surface area contributed by atoms with Gasteiger partial charge in [-0.2, -0.15) is 0 Å². The Hall–Kier alpha value is -1.63. The van der Waals surface area contributed by atoms with Crippen molar-refractivity contribution in [2.45, 2.75) is 39.3 Å². The van der Waals surface area contributed by atoms with Crippen molar-refractivity contribution in [3.05, 3.63) is 16.1 Å². The van der Waals surface area contributed by atoms with Crippen molar-refractivity contribution < 1.29 is 14.7 Å². The number of carbonyl (C=O) groups is 2. The van der Waals surface area contributed by atoms with Gasteiger partial charge in [0.15, 0.2) is 5.69 Å². The SMILES string of the molecule is CCC(C)(C)NC(=O)NCc1nc(C(=O)O)cs1. The lowest BCUT2D eigenvalue weighted by Crippen LogP contribution is -2.47. The highest BCUT2D eigenvalue weighted by Gasteiger charge is 2.17. The highest BCUT2D eigenvalue weighted by atomic mass is 32.1. The van der Waals surface area contributed by atoms with Gasteiger partial charge in [0, 0.05) is 10.9 Å². The van der Waals surface area contributed by atoms with Crippen molar-refractivity contribution in [3.8, 4) is 0 Å². The van der Waals surface area contributed by atoms with Gasteiger partial charge in [-0.3, -0.25) is 0 Å². The Morgan fingerprint density at radius 3 is 2.67 bits per heavy atom. The number of aromatic nitrogens is 1. The van der Waals surface area contributed by atoms with E-state index >= 15 is 0 Å². The fourth-order valence-electron chi connectivity index (χ4n) is 1.09. The van der Waals surface area contributed by atoms with Gasteiger partial charge in [0.1, 0.15) is 5.01 Å². The quantitative estimate of drug-likeness (QED) is 0.762. The summed E-state index contributed by atoms with van der Waals surface area (Å²) in [5, 5.41) is 16.2. The number of thiazole rings is 1. The lowest BCUT2D eigenvalue weighted by molar-refractivity contribution is 0.0691. The van der Waals surface area contributed by atoms with Crippen LogP contribution in [0, 0.1) is 0 Å². The van der Waals surface area contributed by atoms with Crippen LogP contribution in [0.15, 0.2) is 5.38 Å². The molecule has 0 aromatic carbocycles. The Labute approximate surface area is 109 Å². The third kappa shape index (κ3) is 4.33. The molecule has 1 heterocycles. The molecule has 0 saturated heterocycles. The van der Waals surface area contributed by atoms with Crippen LogP contribution in [-0.4, -0.2) is 27.6 Å². The first-order chi connectivity index (χ1) is 8.34. The van der Waals surface area contributed by atoms with Crippen LogP contribution >= 0.6 is 11.3 Å². The number of nitrogens with zero attached hydrogens (tertiary/aromatic N) is 1. The van der Waals surface area contributed by atoms with Gasteiger partial charge in [0.25, 0.3) is 0 Å². The van der Waals surface area contributed by atoms with Gasteiger partial charge in [-0.1, -0.05) is 6.92 Å². The monoisotopic (exact) mass is 271 g/mol. The van der Waals surface area contributed by atoms with E-state index in [9.17, 15) is 9.59 Å². The number of aromatic carboxylic acids is 1. The molecule has 2 amide bonds. The summed E-state index contributed by atoms with van der Waals surface area (Å²) in [6.45, 7) is 6.07. The second kappa shape index (κ2) is 5.81. The Morgan fingerprint density at radius 2 is 2.17 bits per heavy atom. The van der Waals surface area contributed by atoms with Crippen LogP contribution in [0.5, 0.6) is 0 Å². The van der Waals surface area contributed by atoms with Crippen molar-refractivity contribution in [1.82, 2.24) is 15.6 Å². The Morgan fingerprint density at radius 1 is 1.50 bits per heavy atom. The number of urea groups is 1. The predicted molar refractivity (Wildman–Crippen MR) is 68.8 cm³/mol.